The Hall–Kier alpha value is -7.08. The number of nitrogens with zero attached hydrogens (tertiary/aromatic N) is 3. The summed E-state index contributed by atoms with van der Waals surface area (Å²) in [6.45, 7) is 14.4. The minimum atomic E-state index is -0.0462. The van der Waals surface area contributed by atoms with Crippen molar-refractivity contribution < 1.29 is 9.73 Å². The van der Waals surface area contributed by atoms with Crippen molar-refractivity contribution in [2.75, 3.05) is 0 Å². The van der Waals surface area contributed by atoms with E-state index in [2.05, 4.69) is 210 Å². The molecule has 0 fully saturated rings. The third kappa shape index (κ3) is 6.83. The lowest BCUT2D eigenvalue weighted by atomic mass is 9.62. The summed E-state index contributed by atoms with van der Waals surface area (Å²) in [7, 11) is 0. The Kier molecular flexibility index (Phi) is 9.92. The molecule has 0 spiro atoms. The Balaban J connectivity index is 0.827. The lowest BCUT2D eigenvalue weighted by Crippen LogP contribution is -2.95. The molecule has 4 heterocycles. The van der Waals surface area contributed by atoms with E-state index >= 15 is 0 Å². The molecule has 13 rings (SSSR count). The van der Waals surface area contributed by atoms with Crippen LogP contribution in [0.3, 0.4) is 0 Å². The molecule has 5 aliphatic carbocycles. The van der Waals surface area contributed by atoms with Crippen LogP contribution in [0.25, 0.3) is 33.6 Å². The smallest absolute Gasteiger partial charge is 0.235 e. The number of nitrogens with two attached hydrogens (primary N) is 1. The van der Waals surface area contributed by atoms with E-state index in [0.717, 1.165) is 57.6 Å². The summed E-state index contributed by atoms with van der Waals surface area (Å²) in [6.07, 6.45) is 31.2. The highest BCUT2D eigenvalue weighted by Crippen LogP contribution is 2.57. The maximum absolute atomic E-state index is 6.21. The third-order valence-corrected chi connectivity index (χ3v) is 16.6. The van der Waals surface area contributed by atoms with Crippen molar-refractivity contribution in [3.63, 3.8) is 0 Å². The molecule has 8 unspecified atom stereocenters. The molecule has 0 radical (unpaired) electrons. The molecular formula is C64H59N4O+. The summed E-state index contributed by atoms with van der Waals surface area (Å²) in [5.74, 6) is 4.06. The van der Waals surface area contributed by atoms with Crippen LogP contribution in [0.4, 0.5) is 0 Å². The highest BCUT2D eigenvalue weighted by atomic mass is 16.3. The van der Waals surface area contributed by atoms with Crippen LogP contribution in [-0.2, 0) is 0 Å². The van der Waals surface area contributed by atoms with Crippen molar-refractivity contribution in [3.05, 3.63) is 236 Å². The summed E-state index contributed by atoms with van der Waals surface area (Å²) in [5, 5.41) is 4.63. The van der Waals surface area contributed by atoms with Gasteiger partial charge in [-0.25, -0.2) is 4.99 Å². The Morgan fingerprint density at radius 3 is 2.32 bits per heavy atom. The molecule has 0 bridgehead atoms. The lowest BCUT2D eigenvalue weighted by Gasteiger charge is -2.49. The largest absolute Gasteiger partial charge is 0.456 e. The topological polar surface area (TPSA) is 57.7 Å². The molecule has 8 atom stereocenters. The second-order valence-electron chi connectivity index (χ2n) is 20.9. The minimum Gasteiger partial charge on any atom is -0.456 e. The molecule has 2 N–H and O–H groups in total. The van der Waals surface area contributed by atoms with E-state index in [1.807, 2.05) is 6.07 Å². The number of furan rings is 1. The van der Waals surface area contributed by atoms with Gasteiger partial charge in [0.1, 0.15) is 11.2 Å². The first-order valence-corrected chi connectivity index (χ1v) is 25.4. The van der Waals surface area contributed by atoms with Crippen molar-refractivity contribution >= 4 is 45.3 Å². The predicted octanol–water partition coefficient (Wildman–Crippen LogP) is 14.1. The maximum Gasteiger partial charge on any atom is 0.235 e. The van der Waals surface area contributed by atoms with Gasteiger partial charge in [0, 0.05) is 45.8 Å². The zero-order chi connectivity index (χ0) is 46.7. The molecule has 3 aliphatic heterocycles. The van der Waals surface area contributed by atoms with E-state index in [-0.39, 0.29) is 29.8 Å². The molecule has 340 valence electrons. The summed E-state index contributed by atoms with van der Waals surface area (Å²) < 4.78 is 6.21. The number of allylic oxidation sites excluding steroid dienone is 17. The van der Waals surface area contributed by atoms with Crippen LogP contribution in [0.1, 0.15) is 88.1 Å². The Morgan fingerprint density at radius 2 is 1.45 bits per heavy atom. The van der Waals surface area contributed by atoms with Crippen LogP contribution in [0, 0.1) is 35.5 Å². The minimum absolute atomic E-state index is 0.0462. The van der Waals surface area contributed by atoms with E-state index in [0.29, 0.717) is 17.8 Å². The van der Waals surface area contributed by atoms with Gasteiger partial charge < -0.3 is 9.32 Å². The third-order valence-electron chi connectivity index (χ3n) is 16.6. The van der Waals surface area contributed by atoms with E-state index in [9.17, 15) is 0 Å². The number of benzene rings is 4. The van der Waals surface area contributed by atoms with Crippen LogP contribution in [0.5, 0.6) is 0 Å². The van der Waals surface area contributed by atoms with E-state index in [1.54, 1.807) is 5.57 Å². The molecule has 5 nitrogen and oxygen atoms in total. The molecule has 0 saturated heterocycles. The average Bonchev–Trinajstić information content (AvgIpc) is 3.75. The quantitative estimate of drug-likeness (QED) is 0.191. The van der Waals surface area contributed by atoms with E-state index in [1.165, 1.54) is 67.1 Å². The molecule has 8 aliphatic rings. The monoisotopic (exact) mass is 899 g/mol. The molecule has 5 aromatic rings. The number of hydrogen-bond donors (Lipinski definition) is 1. The molecular weight excluding hydrogens is 841 g/mol. The second kappa shape index (κ2) is 16.3. The normalized spacial score (nSPS) is 28.1. The second-order valence-corrected chi connectivity index (χ2v) is 20.9. The zero-order valence-corrected chi connectivity index (χ0v) is 40.4. The maximum atomic E-state index is 6.21. The summed E-state index contributed by atoms with van der Waals surface area (Å²) >= 11 is 0. The standard InChI is InChI=1S/C64H58N4O/c1-36-14-12-18-46-32-47(23-25-49(36)46)63-65-62(42-16-8-7-9-17-42)66-64(67-63)50-26-22-43(30-38(50)3)48-31-39(4)59-54(34-48)58-37(2)15-13-20-52(58)60-41(6)40(5)55-35-45(28-29-68(55)61(59)60)44-24-27-57-53(33-44)51-19-10-11-21-56(51)69-57/h7-13,16-39,41,50,59,64H,14-15H2,1-6H3,(H,65,66,67)/p+1. The average molecular weight is 900 g/mol. The Bertz CT molecular complexity index is 3470. The summed E-state index contributed by atoms with van der Waals surface area (Å²) in [6, 6.07) is 32.5. The number of para-hydroxylation sites is 1. The van der Waals surface area contributed by atoms with Gasteiger partial charge in [-0.05, 0) is 153 Å². The molecule has 0 saturated carbocycles. The van der Waals surface area contributed by atoms with Crippen molar-refractivity contribution in [2.45, 2.75) is 66.5 Å². The van der Waals surface area contributed by atoms with Crippen LogP contribution < -0.4 is 5.32 Å². The first-order chi connectivity index (χ1) is 33.7. The highest BCUT2D eigenvalue weighted by molar-refractivity contribution is 6.10. The van der Waals surface area contributed by atoms with Crippen LogP contribution in [0.2, 0.25) is 0 Å². The zero-order valence-electron chi connectivity index (χ0n) is 40.4. The molecule has 0 amide bonds. The predicted molar refractivity (Wildman–Crippen MR) is 284 cm³/mol. The highest BCUT2D eigenvalue weighted by Gasteiger charge is 2.46. The molecule has 5 heteroatoms. The number of fused-ring (bicyclic) bond motifs is 10. The fourth-order valence-corrected chi connectivity index (χ4v) is 12.8. The fourth-order valence-electron chi connectivity index (χ4n) is 12.8. The summed E-state index contributed by atoms with van der Waals surface area (Å²) in [4.78, 5) is 13.2. The van der Waals surface area contributed by atoms with Crippen molar-refractivity contribution in [3.8, 4) is 0 Å². The number of quaternary nitrogens is 1. The number of amidine groups is 2. The number of aliphatic imine (C=N–C) groups is 2. The lowest BCUT2D eigenvalue weighted by molar-refractivity contribution is -0.587. The van der Waals surface area contributed by atoms with Gasteiger partial charge in [0.2, 0.25) is 5.84 Å². The number of hydrogen-bond acceptors (Lipinski definition) is 4. The fraction of sp³-hybridized carbons (Fsp3) is 0.250. The van der Waals surface area contributed by atoms with Gasteiger partial charge in [-0.1, -0.05) is 144 Å². The van der Waals surface area contributed by atoms with Crippen molar-refractivity contribution in [1.82, 2.24) is 4.90 Å². The van der Waals surface area contributed by atoms with Crippen molar-refractivity contribution in [1.29, 1.82) is 0 Å². The van der Waals surface area contributed by atoms with Crippen LogP contribution in [0.15, 0.2) is 223 Å². The SMILES string of the molecule is CC1=C2C=C(c3ccc4oc5ccccc5c4c3)C=CN2C2=C(C3=C(C4=CC(C5=CC(C)C(C6N=C(c7ccc8c(c7)C=CCC8C)N=C(c7ccccc7)[NH2+]6)C=C5)=CC(C)C42)C(C)CC=C3)C1C. The summed E-state index contributed by atoms with van der Waals surface area (Å²) in [5.41, 5.74) is 22.0. The van der Waals surface area contributed by atoms with Crippen LogP contribution >= 0.6 is 0 Å². The van der Waals surface area contributed by atoms with Gasteiger partial charge in [-0.15, -0.1) is 0 Å². The first-order valence-electron chi connectivity index (χ1n) is 25.4. The van der Waals surface area contributed by atoms with Gasteiger partial charge in [0.05, 0.1) is 11.5 Å². The van der Waals surface area contributed by atoms with Crippen molar-refractivity contribution in [2.24, 2.45) is 45.5 Å². The van der Waals surface area contributed by atoms with E-state index < -0.39 is 0 Å². The van der Waals surface area contributed by atoms with Gasteiger partial charge >= 0.3 is 0 Å². The van der Waals surface area contributed by atoms with Gasteiger partial charge in [0.25, 0.3) is 0 Å². The van der Waals surface area contributed by atoms with Gasteiger partial charge in [-0.2, -0.15) is 4.99 Å². The van der Waals surface area contributed by atoms with Gasteiger partial charge in [0.15, 0.2) is 12.0 Å². The van der Waals surface area contributed by atoms with Crippen LogP contribution in [-0.4, -0.2) is 22.7 Å². The molecule has 69 heavy (non-hydrogen) atoms. The molecule has 1 aromatic heterocycles. The Morgan fingerprint density at radius 1 is 0.667 bits per heavy atom. The number of rotatable bonds is 5. The van der Waals surface area contributed by atoms with E-state index in [4.69, 9.17) is 14.4 Å². The molecule has 4 aromatic carbocycles. The van der Waals surface area contributed by atoms with Gasteiger partial charge in [-0.3, -0.25) is 5.32 Å². The Labute approximate surface area is 406 Å². The first kappa shape index (κ1) is 42.1.